The number of carbonyl (C=O) groups excluding carboxylic acids is 1. The summed E-state index contributed by atoms with van der Waals surface area (Å²) in [7, 11) is 0. The lowest BCUT2D eigenvalue weighted by Crippen LogP contribution is -2.04. The molecule has 0 aromatic heterocycles. The lowest BCUT2D eigenvalue weighted by Gasteiger charge is -2.00. The molecule has 5 heteroatoms. The van der Waals surface area contributed by atoms with Crippen molar-refractivity contribution in [2.75, 3.05) is 0 Å². The number of rotatable bonds is 3. The third kappa shape index (κ3) is 5.95. The predicted molar refractivity (Wildman–Crippen MR) is 42.8 cm³/mol. The Morgan fingerprint density at radius 2 is 2.00 bits per heavy atom. The van der Waals surface area contributed by atoms with Crippen molar-refractivity contribution in [1.82, 2.24) is 0 Å². The summed E-state index contributed by atoms with van der Waals surface area (Å²) in [5, 5.41) is 0. The maximum absolute atomic E-state index is 11.6. The molecule has 2 nitrogen and oxygen atoms in total. The molecule has 0 saturated carbocycles. The summed E-state index contributed by atoms with van der Waals surface area (Å²) < 4.78 is 34.9. The summed E-state index contributed by atoms with van der Waals surface area (Å²) in [5.41, 5.74) is 5.08. The number of alkyl halides is 3. The zero-order chi connectivity index (χ0) is 10.5. The number of ketones is 1. The van der Waals surface area contributed by atoms with E-state index in [9.17, 15) is 18.0 Å². The van der Waals surface area contributed by atoms with Crippen LogP contribution in [0.25, 0.3) is 0 Å². The molecule has 0 saturated heterocycles. The maximum atomic E-state index is 11.6. The van der Waals surface area contributed by atoms with E-state index in [1.807, 2.05) is 0 Å². The number of carbonyl (C=O) groups is 1. The standard InChI is InChI=1S/C8H10F3NO/c1-6(13)7(5-12)3-2-4-8(9,10)11/h2-3,5H,4,12H2,1H3/b3-2-,7-5+. The van der Waals surface area contributed by atoms with Gasteiger partial charge in [-0.2, -0.15) is 13.2 Å². The molecule has 0 spiro atoms. The summed E-state index contributed by atoms with van der Waals surface area (Å²) in [6.45, 7) is 1.23. The van der Waals surface area contributed by atoms with Crippen LogP contribution in [0.5, 0.6) is 0 Å². The molecule has 74 valence electrons. The van der Waals surface area contributed by atoms with Crippen molar-refractivity contribution in [3.63, 3.8) is 0 Å². The van der Waals surface area contributed by atoms with Crippen LogP contribution in [-0.4, -0.2) is 12.0 Å². The Labute approximate surface area is 73.9 Å². The zero-order valence-corrected chi connectivity index (χ0v) is 7.06. The van der Waals surface area contributed by atoms with Gasteiger partial charge in [0.05, 0.1) is 6.42 Å². The van der Waals surface area contributed by atoms with Gasteiger partial charge in [-0.05, 0) is 6.92 Å². The highest BCUT2D eigenvalue weighted by Crippen LogP contribution is 2.20. The number of Topliss-reactive ketones (excluding diaryl/α,β-unsaturated/α-hetero) is 1. The monoisotopic (exact) mass is 193 g/mol. The number of hydrogen-bond donors (Lipinski definition) is 1. The van der Waals surface area contributed by atoms with E-state index in [4.69, 9.17) is 5.73 Å². The number of hydrogen-bond acceptors (Lipinski definition) is 2. The lowest BCUT2D eigenvalue weighted by atomic mass is 10.2. The molecular formula is C8H10F3NO. The van der Waals surface area contributed by atoms with E-state index in [0.29, 0.717) is 0 Å². The van der Waals surface area contributed by atoms with Gasteiger partial charge in [0.2, 0.25) is 0 Å². The Balaban J connectivity index is 4.20. The Bertz CT molecular complexity index is 240. The number of nitrogens with two attached hydrogens (primary N) is 1. The van der Waals surface area contributed by atoms with Gasteiger partial charge in [-0.1, -0.05) is 12.2 Å². The maximum Gasteiger partial charge on any atom is 0.392 e. The minimum absolute atomic E-state index is 0.0734. The van der Waals surface area contributed by atoms with Gasteiger partial charge in [-0.15, -0.1) is 0 Å². The predicted octanol–water partition coefficient (Wildman–Crippen LogP) is 1.93. The van der Waals surface area contributed by atoms with Gasteiger partial charge < -0.3 is 5.73 Å². The van der Waals surface area contributed by atoms with E-state index in [1.54, 1.807) is 0 Å². The Hall–Kier alpha value is -1.26. The number of allylic oxidation sites excluding steroid dienone is 3. The Morgan fingerprint density at radius 3 is 2.31 bits per heavy atom. The van der Waals surface area contributed by atoms with Crippen LogP contribution >= 0.6 is 0 Å². The fourth-order valence-electron chi connectivity index (χ4n) is 0.610. The van der Waals surface area contributed by atoms with Crippen molar-refractivity contribution < 1.29 is 18.0 Å². The van der Waals surface area contributed by atoms with E-state index in [1.165, 1.54) is 6.92 Å². The van der Waals surface area contributed by atoms with Gasteiger partial charge in [-0.3, -0.25) is 4.79 Å². The van der Waals surface area contributed by atoms with Gasteiger partial charge in [-0.25, -0.2) is 0 Å². The van der Waals surface area contributed by atoms with Crippen molar-refractivity contribution in [3.05, 3.63) is 23.9 Å². The quantitative estimate of drug-likeness (QED) is 0.549. The van der Waals surface area contributed by atoms with Gasteiger partial charge in [0.1, 0.15) is 0 Å². The molecule has 0 rings (SSSR count). The molecule has 0 bridgehead atoms. The van der Waals surface area contributed by atoms with Gasteiger partial charge >= 0.3 is 6.18 Å². The molecule has 0 unspecified atom stereocenters. The average molecular weight is 193 g/mol. The van der Waals surface area contributed by atoms with Crippen LogP contribution in [0.15, 0.2) is 23.9 Å². The summed E-state index contributed by atoms with van der Waals surface area (Å²) >= 11 is 0. The summed E-state index contributed by atoms with van der Waals surface area (Å²) in [4.78, 5) is 10.6. The van der Waals surface area contributed by atoms with Gasteiger partial charge in [0, 0.05) is 11.8 Å². The first-order valence-electron chi connectivity index (χ1n) is 3.53. The minimum atomic E-state index is -4.24. The second-order valence-electron chi connectivity index (χ2n) is 2.40. The zero-order valence-electron chi connectivity index (χ0n) is 7.06. The molecule has 2 N–H and O–H groups in total. The van der Waals surface area contributed by atoms with E-state index in [0.717, 1.165) is 18.4 Å². The molecule has 0 aliphatic heterocycles. The fraction of sp³-hybridized carbons (Fsp3) is 0.375. The topological polar surface area (TPSA) is 43.1 Å². The largest absolute Gasteiger partial charge is 0.404 e. The third-order valence-electron chi connectivity index (χ3n) is 1.23. The van der Waals surface area contributed by atoms with Crippen LogP contribution in [0.2, 0.25) is 0 Å². The van der Waals surface area contributed by atoms with E-state index >= 15 is 0 Å². The molecule has 13 heavy (non-hydrogen) atoms. The van der Waals surface area contributed by atoms with Crippen LogP contribution < -0.4 is 5.73 Å². The molecule has 0 atom stereocenters. The third-order valence-corrected chi connectivity index (χ3v) is 1.23. The molecule has 0 radical (unpaired) electrons. The second-order valence-corrected chi connectivity index (χ2v) is 2.40. The van der Waals surface area contributed by atoms with Gasteiger partial charge in [0.15, 0.2) is 5.78 Å². The van der Waals surface area contributed by atoms with E-state index in [2.05, 4.69) is 0 Å². The van der Waals surface area contributed by atoms with Crippen LogP contribution in [0, 0.1) is 0 Å². The average Bonchev–Trinajstić information content (AvgIpc) is 1.95. The lowest BCUT2D eigenvalue weighted by molar-refractivity contribution is -0.125. The summed E-state index contributed by atoms with van der Waals surface area (Å²) in [6.07, 6.45) is -2.39. The molecule has 0 fully saturated rings. The fourth-order valence-corrected chi connectivity index (χ4v) is 0.610. The highest BCUT2D eigenvalue weighted by atomic mass is 19.4. The first-order chi connectivity index (χ1) is 5.87. The summed E-state index contributed by atoms with van der Waals surface area (Å²) in [6, 6.07) is 0. The van der Waals surface area contributed by atoms with Crippen LogP contribution in [-0.2, 0) is 4.79 Å². The first-order valence-corrected chi connectivity index (χ1v) is 3.53. The highest BCUT2D eigenvalue weighted by Gasteiger charge is 2.24. The molecule has 0 amide bonds. The van der Waals surface area contributed by atoms with E-state index in [-0.39, 0.29) is 11.4 Å². The summed E-state index contributed by atoms with van der Waals surface area (Å²) in [5.74, 6) is -0.360. The van der Waals surface area contributed by atoms with Crippen LogP contribution in [0.3, 0.4) is 0 Å². The SMILES string of the molecule is CC(=O)C(/C=C\CC(F)(F)F)=C/N. The molecule has 0 aliphatic rings. The molecule has 0 aromatic rings. The second kappa shape index (κ2) is 4.69. The van der Waals surface area contributed by atoms with Crippen molar-refractivity contribution in [3.8, 4) is 0 Å². The van der Waals surface area contributed by atoms with E-state index < -0.39 is 12.6 Å². The van der Waals surface area contributed by atoms with Crippen molar-refractivity contribution in [2.45, 2.75) is 19.5 Å². The smallest absolute Gasteiger partial charge is 0.392 e. The van der Waals surface area contributed by atoms with Gasteiger partial charge in [0.25, 0.3) is 0 Å². The molecule has 0 aromatic carbocycles. The Kier molecular flexibility index (Phi) is 4.23. The molecule has 0 heterocycles. The molecule has 0 aliphatic carbocycles. The van der Waals surface area contributed by atoms with Crippen LogP contribution in [0.1, 0.15) is 13.3 Å². The van der Waals surface area contributed by atoms with Crippen molar-refractivity contribution in [2.24, 2.45) is 5.73 Å². The number of halogens is 3. The minimum Gasteiger partial charge on any atom is -0.404 e. The first kappa shape index (κ1) is 11.7. The highest BCUT2D eigenvalue weighted by molar-refractivity contribution is 5.95. The van der Waals surface area contributed by atoms with Crippen molar-refractivity contribution in [1.29, 1.82) is 0 Å². The Morgan fingerprint density at radius 1 is 1.46 bits per heavy atom. The molecular weight excluding hydrogens is 183 g/mol. The van der Waals surface area contributed by atoms with Crippen LogP contribution in [0.4, 0.5) is 13.2 Å². The normalized spacial score (nSPS) is 13.7. The van der Waals surface area contributed by atoms with Crippen molar-refractivity contribution >= 4 is 5.78 Å².